The number of benzene rings is 1. The average Bonchev–Trinajstić information content (AvgIpc) is 2.17. The lowest BCUT2D eigenvalue weighted by molar-refractivity contribution is 0.519. The van der Waals surface area contributed by atoms with Crippen molar-refractivity contribution < 1.29 is 4.57 Å². The molecule has 1 rings (SSSR count). The van der Waals surface area contributed by atoms with Gasteiger partial charge in [0.05, 0.1) is 0 Å². The second-order valence-electron chi connectivity index (χ2n) is 3.37. The van der Waals surface area contributed by atoms with Crippen LogP contribution in [0.4, 0.5) is 5.69 Å². The van der Waals surface area contributed by atoms with Gasteiger partial charge >= 0.3 is 0 Å². The van der Waals surface area contributed by atoms with Crippen LogP contribution in [-0.4, -0.2) is 22.3 Å². The van der Waals surface area contributed by atoms with Crippen molar-refractivity contribution in [3.63, 3.8) is 0 Å². The van der Waals surface area contributed by atoms with Crippen LogP contribution in [0.5, 0.6) is 0 Å². The van der Waals surface area contributed by atoms with Gasteiger partial charge in [-0.25, -0.2) is 4.67 Å². The highest BCUT2D eigenvalue weighted by atomic mass is 35.6. The van der Waals surface area contributed by atoms with Crippen LogP contribution in [0.1, 0.15) is 0 Å². The highest BCUT2D eigenvalue weighted by molar-refractivity contribution is 7.70. The van der Waals surface area contributed by atoms with E-state index in [0.717, 1.165) is 0 Å². The molecule has 90 valence electrons. The first-order chi connectivity index (χ1) is 7.27. The van der Waals surface area contributed by atoms with Crippen molar-refractivity contribution in [2.45, 2.75) is 3.53 Å². The molecule has 1 N–H and O–H groups in total. The smallest absolute Gasteiger partial charge is 0.286 e. The van der Waals surface area contributed by atoms with E-state index in [4.69, 9.17) is 34.8 Å². The largest absolute Gasteiger partial charge is 0.321 e. The molecule has 1 aromatic carbocycles. The van der Waals surface area contributed by atoms with Crippen LogP contribution < -0.4 is 5.09 Å². The molecule has 0 unspecified atom stereocenters. The lowest BCUT2D eigenvalue weighted by atomic mass is 10.3. The summed E-state index contributed by atoms with van der Waals surface area (Å²) in [5.41, 5.74) is 0.644. The Balaban J connectivity index is 3.03. The van der Waals surface area contributed by atoms with Crippen LogP contribution in [0.25, 0.3) is 0 Å². The van der Waals surface area contributed by atoms with Crippen LogP contribution in [0.2, 0.25) is 0 Å². The third kappa shape index (κ3) is 3.06. The Morgan fingerprint density at radius 2 is 1.69 bits per heavy atom. The first kappa shape index (κ1) is 14.1. The summed E-state index contributed by atoms with van der Waals surface area (Å²) in [7, 11) is -0.126. The van der Waals surface area contributed by atoms with E-state index in [1.165, 1.54) is 4.67 Å². The summed E-state index contributed by atoms with van der Waals surface area (Å²) in [4.78, 5) is 0. The van der Waals surface area contributed by atoms with Gasteiger partial charge in [-0.05, 0) is 26.2 Å². The van der Waals surface area contributed by atoms with Gasteiger partial charge in [0.15, 0.2) is 0 Å². The zero-order chi connectivity index (χ0) is 12.4. The molecule has 16 heavy (non-hydrogen) atoms. The highest BCUT2D eigenvalue weighted by Gasteiger charge is 2.46. The molecule has 0 radical (unpaired) electrons. The van der Waals surface area contributed by atoms with E-state index in [-0.39, 0.29) is 0 Å². The fraction of sp³-hybridized carbons (Fsp3) is 0.333. The van der Waals surface area contributed by atoms with E-state index in [2.05, 4.69) is 5.09 Å². The number of alkyl halides is 3. The summed E-state index contributed by atoms with van der Waals surface area (Å²) < 4.78 is 12.0. The number of hydrogen-bond acceptors (Lipinski definition) is 1. The molecular weight excluding hydrogens is 289 g/mol. The molecule has 0 aliphatic carbocycles. The van der Waals surface area contributed by atoms with Crippen LogP contribution in [-0.2, 0) is 4.57 Å². The Labute approximate surface area is 110 Å². The molecule has 0 spiro atoms. The van der Waals surface area contributed by atoms with Gasteiger partial charge in [0.1, 0.15) is 0 Å². The van der Waals surface area contributed by atoms with E-state index >= 15 is 0 Å². The second kappa shape index (κ2) is 5.16. The summed E-state index contributed by atoms with van der Waals surface area (Å²) in [6.45, 7) is 0. The van der Waals surface area contributed by atoms with Gasteiger partial charge in [0, 0.05) is 5.69 Å². The van der Waals surface area contributed by atoms with Crippen molar-refractivity contribution in [3.05, 3.63) is 30.3 Å². The minimum absolute atomic E-state index is 0.644. The van der Waals surface area contributed by atoms with E-state index in [9.17, 15) is 4.57 Å². The SMILES string of the molecule is CN(C)[P@](=O)(Nc1ccccc1)C(Cl)(Cl)Cl. The fourth-order valence-corrected chi connectivity index (χ4v) is 4.10. The van der Waals surface area contributed by atoms with Gasteiger partial charge < -0.3 is 5.09 Å². The Hall–Kier alpha value is 0.0800. The molecule has 0 saturated heterocycles. The number of nitrogens with zero attached hydrogens (tertiary/aromatic N) is 1. The number of para-hydroxylation sites is 1. The molecule has 0 heterocycles. The van der Waals surface area contributed by atoms with Crippen molar-refractivity contribution in [1.82, 2.24) is 4.67 Å². The van der Waals surface area contributed by atoms with Crippen molar-refractivity contribution in [3.8, 4) is 0 Å². The highest BCUT2D eigenvalue weighted by Crippen LogP contribution is 2.65. The molecule has 1 aromatic rings. The summed E-state index contributed by atoms with van der Waals surface area (Å²) in [6, 6.07) is 8.97. The van der Waals surface area contributed by atoms with Gasteiger partial charge in [0.25, 0.3) is 11.0 Å². The number of nitrogens with one attached hydrogen (secondary N) is 1. The topological polar surface area (TPSA) is 32.3 Å². The molecule has 0 saturated carbocycles. The molecule has 0 fully saturated rings. The van der Waals surface area contributed by atoms with Gasteiger partial charge in [-0.1, -0.05) is 53.0 Å². The average molecular weight is 302 g/mol. The third-order valence-electron chi connectivity index (χ3n) is 1.96. The minimum atomic E-state index is -3.32. The monoisotopic (exact) mass is 300 g/mol. The number of halogens is 3. The molecule has 3 nitrogen and oxygen atoms in total. The Morgan fingerprint density at radius 3 is 2.06 bits per heavy atom. The second-order valence-corrected chi connectivity index (χ2v) is 9.29. The zero-order valence-corrected chi connectivity index (χ0v) is 12.0. The first-order valence-electron chi connectivity index (χ1n) is 4.45. The Kier molecular flexibility index (Phi) is 4.56. The van der Waals surface area contributed by atoms with Gasteiger partial charge in [0.2, 0.25) is 0 Å². The molecule has 0 amide bonds. The summed E-state index contributed by atoms with van der Waals surface area (Å²) >= 11 is 17.2. The van der Waals surface area contributed by atoms with Gasteiger partial charge in [-0.15, -0.1) is 0 Å². The minimum Gasteiger partial charge on any atom is -0.321 e. The van der Waals surface area contributed by atoms with Gasteiger partial charge in [-0.3, -0.25) is 4.57 Å². The van der Waals surface area contributed by atoms with Gasteiger partial charge in [-0.2, -0.15) is 0 Å². The summed E-state index contributed by atoms with van der Waals surface area (Å²) in [6.07, 6.45) is 0. The number of rotatable bonds is 3. The number of anilines is 1. The lowest BCUT2D eigenvalue weighted by Crippen LogP contribution is -2.24. The predicted octanol–water partition coefficient (Wildman–Crippen LogP) is 4.18. The van der Waals surface area contributed by atoms with Crippen LogP contribution in [0, 0.1) is 0 Å². The van der Waals surface area contributed by atoms with Crippen molar-refractivity contribution in [2.24, 2.45) is 0 Å². The molecule has 1 atom stereocenters. The first-order valence-corrected chi connectivity index (χ1v) is 7.25. The van der Waals surface area contributed by atoms with E-state index in [1.54, 1.807) is 38.4 Å². The quantitative estimate of drug-likeness (QED) is 0.671. The van der Waals surface area contributed by atoms with E-state index in [0.29, 0.717) is 5.69 Å². The van der Waals surface area contributed by atoms with Crippen LogP contribution in [0.3, 0.4) is 0 Å². The van der Waals surface area contributed by atoms with Crippen molar-refractivity contribution in [2.75, 3.05) is 19.2 Å². The number of hydrogen-bond donors (Lipinski definition) is 1. The Bertz CT molecular complexity index is 391. The fourth-order valence-electron chi connectivity index (χ4n) is 1.08. The molecule has 0 aliphatic rings. The molecule has 7 heteroatoms. The maximum Gasteiger partial charge on any atom is 0.286 e. The van der Waals surface area contributed by atoms with Crippen LogP contribution >= 0.6 is 42.2 Å². The standard InChI is InChI=1S/C9H12Cl3N2OP/c1-14(2)16(15,9(10,11)12)13-8-6-4-3-5-7-8/h3-7H,1-2H3,(H,13,15)/t16-/m1/s1. The third-order valence-corrected chi connectivity index (χ3v) is 6.40. The van der Waals surface area contributed by atoms with Crippen LogP contribution in [0.15, 0.2) is 30.3 Å². The maximum absolute atomic E-state index is 12.5. The van der Waals surface area contributed by atoms with Crippen molar-refractivity contribution >= 4 is 47.9 Å². The van der Waals surface area contributed by atoms with Crippen molar-refractivity contribution in [1.29, 1.82) is 0 Å². The predicted molar refractivity (Wildman–Crippen MR) is 71.6 cm³/mol. The molecule has 0 bridgehead atoms. The van der Waals surface area contributed by atoms with E-state index < -0.39 is 11.0 Å². The zero-order valence-electron chi connectivity index (χ0n) is 8.82. The lowest BCUT2D eigenvalue weighted by Gasteiger charge is -2.31. The maximum atomic E-state index is 12.5. The molecule has 0 aromatic heterocycles. The molecular formula is C9H12Cl3N2OP. The van der Waals surface area contributed by atoms with E-state index in [1.807, 2.05) is 6.07 Å². The summed E-state index contributed by atoms with van der Waals surface area (Å²) in [5, 5.41) is 2.78. The normalized spacial score (nSPS) is 15.9. The summed E-state index contributed by atoms with van der Waals surface area (Å²) in [5.74, 6) is 0. The molecule has 0 aliphatic heterocycles. The Morgan fingerprint density at radius 1 is 1.19 bits per heavy atom.